The van der Waals surface area contributed by atoms with E-state index < -0.39 is 34.4 Å². The number of nitrogens with zero attached hydrogens (tertiary/aromatic N) is 2. The lowest BCUT2D eigenvalue weighted by molar-refractivity contribution is -0.140. The first-order valence-electron chi connectivity index (χ1n) is 11.7. The average Bonchev–Trinajstić information content (AvgIpc) is 3.03. The van der Waals surface area contributed by atoms with E-state index in [9.17, 15) is 22.8 Å². The van der Waals surface area contributed by atoms with Crippen molar-refractivity contribution in [1.29, 1.82) is 0 Å². The molecule has 2 aliphatic rings. The van der Waals surface area contributed by atoms with Gasteiger partial charge in [0.2, 0.25) is 11.8 Å². The molecule has 0 aromatic heterocycles. The van der Waals surface area contributed by atoms with Crippen molar-refractivity contribution in [3.8, 4) is 0 Å². The van der Waals surface area contributed by atoms with Crippen LogP contribution in [0.25, 0.3) is 0 Å². The van der Waals surface area contributed by atoms with Crippen LogP contribution in [-0.2, 0) is 26.2 Å². The molecule has 2 aromatic rings. The molecular formula is C25H28ClN3O5S. The Morgan fingerprint density at radius 2 is 1.83 bits per heavy atom. The fraction of sp³-hybridized carbons (Fsp3) is 0.400. The van der Waals surface area contributed by atoms with Gasteiger partial charge in [0, 0.05) is 17.6 Å². The molecule has 1 unspecified atom stereocenters. The zero-order chi connectivity index (χ0) is 25.2. The summed E-state index contributed by atoms with van der Waals surface area (Å²) in [5.41, 5.74) is 0.715. The van der Waals surface area contributed by atoms with Gasteiger partial charge in [0.15, 0.2) is 0 Å². The van der Waals surface area contributed by atoms with E-state index in [0.717, 1.165) is 32.1 Å². The molecule has 0 saturated heterocycles. The maximum absolute atomic E-state index is 13.5. The number of nitrogens with one attached hydrogen (secondary N) is 1. The van der Waals surface area contributed by atoms with Crippen LogP contribution in [-0.4, -0.2) is 54.0 Å². The van der Waals surface area contributed by atoms with Gasteiger partial charge in [0.25, 0.3) is 15.9 Å². The Labute approximate surface area is 210 Å². The summed E-state index contributed by atoms with van der Waals surface area (Å²) < 4.78 is 26.5. The van der Waals surface area contributed by atoms with Crippen LogP contribution in [0.4, 0.5) is 0 Å². The number of carbonyl (C=O) groups excluding carboxylic acids is 3. The third kappa shape index (κ3) is 5.36. The predicted molar refractivity (Wildman–Crippen MR) is 131 cm³/mol. The van der Waals surface area contributed by atoms with Gasteiger partial charge in [0.05, 0.1) is 5.56 Å². The van der Waals surface area contributed by atoms with Crippen molar-refractivity contribution >= 4 is 39.3 Å². The molecule has 35 heavy (non-hydrogen) atoms. The summed E-state index contributed by atoms with van der Waals surface area (Å²) in [6.07, 6.45) is 5.00. The minimum absolute atomic E-state index is 0.0322. The van der Waals surface area contributed by atoms with Crippen LogP contribution in [0.3, 0.4) is 0 Å². The molecule has 1 saturated carbocycles. The normalized spacial score (nSPS) is 18.1. The van der Waals surface area contributed by atoms with Crippen molar-refractivity contribution < 1.29 is 22.8 Å². The summed E-state index contributed by atoms with van der Waals surface area (Å²) in [6.45, 7) is 0.945. The largest absolute Gasteiger partial charge is 0.352 e. The summed E-state index contributed by atoms with van der Waals surface area (Å²) in [5, 5.41) is 3.50. The minimum atomic E-state index is -4.16. The van der Waals surface area contributed by atoms with E-state index >= 15 is 0 Å². The third-order valence-electron chi connectivity index (χ3n) is 6.55. The Balaban J connectivity index is 1.57. The summed E-state index contributed by atoms with van der Waals surface area (Å²) in [7, 11) is -4.16. The highest BCUT2D eigenvalue weighted by atomic mass is 35.5. The quantitative estimate of drug-likeness (QED) is 0.606. The molecule has 1 heterocycles. The Morgan fingerprint density at radius 3 is 2.51 bits per heavy atom. The summed E-state index contributed by atoms with van der Waals surface area (Å²) in [6, 6.07) is 11.9. The van der Waals surface area contributed by atoms with Gasteiger partial charge in [-0.15, -0.1) is 0 Å². The number of hydrogen-bond donors (Lipinski definition) is 1. The van der Waals surface area contributed by atoms with Crippen molar-refractivity contribution in [3.63, 3.8) is 0 Å². The molecule has 186 valence electrons. The van der Waals surface area contributed by atoms with Gasteiger partial charge in [-0.2, -0.15) is 0 Å². The lowest BCUT2D eigenvalue weighted by Gasteiger charge is -2.32. The molecule has 1 atom stereocenters. The number of rotatable bonds is 7. The number of benzene rings is 2. The zero-order valence-electron chi connectivity index (χ0n) is 19.4. The second-order valence-electron chi connectivity index (χ2n) is 8.98. The topological polar surface area (TPSA) is 104 Å². The number of sulfonamides is 1. The molecule has 10 heteroatoms. The van der Waals surface area contributed by atoms with Crippen molar-refractivity contribution in [2.45, 2.75) is 62.6 Å². The number of carbonyl (C=O) groups is 3. The van der Waals surface area contributed by atoms with Gasteiger partial charge in [-0.1, -0.05) is 55.1 Å². The van der Waals surface area contributed by atoms with Crippen molar-refractivity contribution in [2.75, 3.05) is 6.54 Å². The van der Waals surface area contributed by atoms with Crippen LogP contribution >= 0.6 is 11.6 Å². The SMILES string of the molecule is CC(C(=O)NC1CCCCC1)N(Cc1cccc(Cl)c1)C(=O)CN1C(=O)c2ccccc2S1(=O)=O. The van der Waals surface area contributed by atoms with Crippen LogP contribution in [0.2, 0.25) is 5.02 Å². The molecule has 2 aromatic carbocycles. The van der Waals surface area contributed by atoms with Crippen LogP contribution in [0, 0.1) is 0 Å². The van der Waals surface area contributed by atoms with Crippen molar-refractivity contribution in [3.05, 3.63) is 64.7 Å². The Kier molecular flexibility index (Phi) is 7.47. The molecular weight excluding hydrogens is 490 g/mol. The fourth-order valence-electron chi connectivity index (χ4n) is 4.58. The molecule has 1 aliphatic heterocycles. The van der Waals surface area contributed by atoms with Crippen LogP contribution in [0.15, 0.2) is 53.4 Å². The van der Waals surface area contributed by atoms with Crippen LogP contribution in [0.5, 0.6) is 0 Å². The first-order chi connectivity index (χ1) is 16.7. The summed E-state index contributed by atoms with van der Waals surface area (Å²) >= 11 is 6.11. The van der Waals surface area contributed by atoms with Gasteiger partial charge >= 0.3 is 0 Å². The number of halogens is 1. The summed E-state index contributed by atoms with van der Waals surface area (Å²) in [4.78, 5) is 40.6. The molecule has 4 rings (SSSR count). The van der Waals surface area contributed by atoms with Gasteiger partial charge < -0.3 is 10.2 Å². The number of amides is 3. The van der Waals surface area contributed by atoms with E-state index in [0.29, 0.717) is 14.9 Å². The van der Waals surface area contributed by atoms with Gasteiger partial charge in [-0.25, -0.2) is 12.7 Å². The van der Waals surface area contributed by atoms with E-state index in [4.69, 9.17) is 11.6 Å². The van der Waals surface area contributed by atoms with Crippen molar-refractivity contribution in [1.82, 2.24) is 14.5 Å². The van der Waals surface area contributed by atoms with E-state index in [-0.39, 0.29) is 29.0 Å². The van der Waals surface area contributed by atoms with Crippen molar-refractivity contribution in [2.24, 2.45) is 0 Å². The van der Waals surface area contributed by atoms with Gasteiger partial charge in [-0.3, -0.25) is 14.4 Å². The average molecular weight is 518 g/mol. The summed E-state index contributed by atoms with van der Waals surface area (Å²) in [5.74, 6) is -1.72. The van der Waals surface area contributed by atoms with Gasteiger partial charge in [0.1, 0.15) is 17.5 Å². The maximum atomic E-state index is 13.5. The highest BCUT2D eigenvalue weighted by Gasteiger charge is 2.43. The highest BCUT2D eigenvalue weighted by Crippen LogP contribution is 2.30. The van der Waals surface area contributed by atoms with Crippen LogP contribution in [0.1, 0.15) is 54.9 Å². The number of fused-ring (bicyclic) bond motifs is 1. The minimum Gasteiger partial charge on any atom is -0.352 e. The van der Waals surface area contributed by atoms with Gasteiger partial charge in [-0.05, 0) is 49.6 Å². The molecule has 1 fully saturated rings. The lowest BCUT2D eigenvalue weighted by Crippen LogP contribution is -2.52. The first-order valence-corrected chi connectivity index (χ1v) is 13.5. The van der Waals surface area contributed by atoms with Crippen LogP contribution < -0.4 is 5.32 Å². The van der Waals surface area contributed by atoms with E-state index in [1.165, 1.54) is 23.1 Å². The fourth-order valence-corrected chi connectivity index (χ4v) is 6.32. The monoisotopic (exact) mass is 517 g/mol. The first kappa shape index (κ1) is 25.2. The number of hydrogen-bond acceptors (Lipinski definition) is 5. The smallest absolute Gasteiger partial charge is 0.269 e. The molecule has 8 nitrogen and oxygen atoms in total. The molecule has 0 bridgehead atoms. The second kappa shape index (κ2) is 10.4. The van der Waals surface area contributed by atoms with E-state index in [2.05, 4.69) is 5.32 Å². The molecule has 0 radical (unpaired) electrons. The Morgan fingerprint density at radius 1 is 1.11 bits per heavy atom. The Hall–Kier alpha value is -2.91. The molecule has 1 N–H and O–H groups in total. The predicted octanol–water partition coefficient (Wildman–Crippen LogP) is 3.35. The standard InChI is InChI=1S/C25H28ClN3O5S/c1-17(24(31)27-20-10-3-2-4-11-20)28(15-18-8-7-9-19(26)14-18)23(30)16-29-25(32)21-12-5-6-13-22(21)35(29,33)34/h5-9,12-14,17,20H,2-4,10-11,15-16H2,1H3,(H,27,31). The second-order valence-corrected chi connectivity index (χ2v) is 11.3. The maximum Gasteiger partial charge on any atom is 0.269 e. The highest BCUT2D eigenvalue weighted by molar-refractivity contribution is 7.90. The third-order valence-corrected chi connectivity index (χ3v) is 8.57. The molecule has 3 amide bonds. The lowest BCUT2D eigenvalue weighted by atomic mass is 9.95. The Bertz CT molecular complexity index is 1240. The van der Waals surface area contributed by atoms with E-state index in [1.54, 1.807) is 37.3 Å². The van der Waals surface area contributed by atoms with E-state index in [1.807, 2.05) is 0 Å². The molecule has 1 aliphatic carbocycles. The molecule has 0 spiro atoms. The zero-order valence-corrected chi connectivity index (χ0v) is 21.0.